The quantitative estimate of drug-likeness (QED) is 0.316. The second-order valence-electron chi connectivity index (χ2n) is 9.41. The van der Waals surface area contributed by atoms with Crippen LogP contribution in [0, 0.1) is 12.0 Å². The van der Waals surface area contributed by atoms with Gasteiger partial charge < -0.3 is 18.6 Å². The molecule has 0 bridgehead atoms. The molecule has 0 spiro atoms. The van der Waals surface area contributed by atoms with Gasteiger partial charge in [-0.2, -0.15) is 0 Å². The summed E-state index contributed by atoms with van der Waals surface area (Å²) in [6, 6.07) is 17.8. The van der Waals surface area contributed by atoms with Gasteiger partial charge in [-0.1, -0.05) is 30.3 Å². The number of hydrogen-bond acceptors (Lipinski definition) is 8. The van der Waals surface area contributed by atoms with E-state index in [1.165, 1.54) is 18.5 Å². The van der Waals surface area contributed by atoms with Crippen molar-refractivity contribution in [2.24, 2.45) is 5.14 Å². The zero-order valence-electron chi connectivity index (χ0n) is 21.9. The number of hydrogen-bond donors (Lipinski definition) is 1. The summed E-state index contributed by atoms with van der Waals surface area (Å²) in [5.74, 6) is 3.19. The lowest BCUT2D eigenvalue weighted by molar-refractivity contribution is -0.0950. The smallest absolute Gasteiger partial charge is 0.238 e. The molecule has 1 aliphatic heterocycles. The third-order valence-electron chi connectivity index (χ3n) is 6.97. The summed E-state index contributed by atoms with van der Waals surface area (Å²) in [7, 11) is -2.09. The molecule has 1 atom stereocenters. The summed E-state index contributed by atoms with van der Waals surface area (Å²) in [5.41, 5.74) is 3.59. The SMILES string of the molecule is COC1(c2cncc(COC#CC(c3ccccc3)c3ncoc3-c3ccc(S(N)(=O)=O)cc3)c2)CCOCC1. The van der Waals surface area contributed by atoms with Crippen molar-refractivity contribution in [1.82, 2.24) is 9.97 Å². The summed E-state index contributed by atoms with van der Waals surface area (Å²) >= 11 is 0. The van der Waals surface area contributed by atoms with Gasteiger partial charge in [0.15, 0.2) is 12.2 Å². The van der Waals surface area contributed by atoms with Crippen LogP contribution in [0.15, 0.2) is 88.8 Å². The van der Waals surface area contributed by atoms with Crippen molar-refractivity contribution >= 4 is 10.0 Å². The topological polar surface area (TPSA) is 127 Å². The van der Waals surface area contributed by atoms with Gasteiger partial charge in [-0.05, 0) is 41.8 Å². The minimum absolute atomic E-state index is 0.0110. The molecule has 0 saturated carbocycles. The number of aromatic nitrogens is 2. The molecular weight excluding hydrogens is 530 g/mol. The molecule has 1 aliphatic rings. The molecule has 3 heterocycles. The first-order valence-corrected chi connectivity index (χ1v) is 14.3. The van der Waals surface area contributed by atoms with Gasteiger partial charge in [0.1, 0.15) is 18.4 Å². The molecule has 1 unspecified atom stereocenters. The van der Waals surface area contributed by atoms with Crippen LogP contribution in [0.25, 0.3) is 11.3 Å². The minimum Gasteiger partial charge on any atom is -0.443 e. The number of nitrogens with two attached hydrogens (primary N) is 1. The van der Waals surface area contributed by atoms with E-state index in [-0.39, 0.29) is 11.5 Å². The minimum atomic E-state index is -3.81. The first-order valence-electron chi connectivity index (χ1n) is 12.7. The molecule has 0 aliphatic carbocycles. The number of sulfonamides is 1. The van der Waals surface area contributed by atoms with Crippen LogP contribution in [0.4, 0.5) is 0 Å². The van der Waals surface area contributed by atoms with E-state index in [1.807, 2.05) is 42.6 Å². The van der Waals surface area contributed by atoms with E-state index in [0.717, 1.165) is 29.5 Å². The fourth-order valence-corrected chi connectivity index (χ4v) is 5.29. The molecule has 2 N–H and O–H groups in total. The second kappa shape index (κ2) is 12.0. The standard InChI is InChI=1S/C30H29N3O6S/c1-36-30(12-15-37-16-13-30)25-17-22(18-32-19-25)20-38-14-11-27(23-5-3-2-4-6-23)28-29(39-21-33-28)24-7-9-26(10-8-24)40(31,34)35/h2-10,17-19,21,27H,12-13,15-16,20H2,1H3,(H2,31,34,35). The van der Waals surface area contributed by atoms with Gasteiger partial charge in [0.05, 0.1) is 16.4 Å². The van der Waals surface area contributed by atoms with Crippen molar-refractivity contribution in [3.8, 4) is 23.4 Å². The van der Waals surface area contributed by atoms with E-state index < -0.39 is 21.5 Å². The molecule has 0 amide bonds. The average Bonchev–Trinajstić information content (AvgIpc) is 3.47. The van der Waals surface area contributed by atoms with Crippen LogP contribution in [0.1, 0.15) is 41.1 Å². The number of benzene rings is 2. The lowest BCUT2D eigenvalue weighted by Crippen LogP contribution is -2.35. The number of ether oxygens (including phenoxy) is 3. The van der Waals surface area contributed by atoms with Crippen LogP contribution in [0.2, 0.25) is 0 Å². The lowest BCUT2D eigenvalue weighted by atomic mass is 9.86. The molecule has 2 aromatic heterocycles. The van der Waals surface area contributed by atoms with Crippen molar-refractivity contribution in [2.45, 2.75) is 35.9 Å². The Morgan fingerprint density at radius 3 is 2.52 bits per heavy atom. The van der Waals surface area contributed by atoms with E-state index >= 15 is 0 Å². The van der Waals surface area contributed by atoms with Gasteiger partial charge in [-0.15, -0.1) is 0 Å². The van der Waals surface area contributed by atoms with Crippen molar-refractivity contribution in [1.29, 1.82) is 0 Å². The maximum Gasteiger partial charge on any atom is 0.238 e. The Labute approximate surface area is 233 Å². The van der Waals surface area contributed by atoms with E-state index in [4.69, 9.17) is 23.8 Å². The lowest BCUT2D eigenvalue weighted by Gasteiger charge is -2.36. The highest BCUT2D eigenvalue weighted by Crippen LogP contribution is 2.36. The molecule has 2 aromatic carbocycles. The number of nitrogens with zero attached hydrogens (tertiary/aromatic N) is 2. The molecular formula is C30H29N3O6S. The predicted molar refractivity (Wildman–Crippen MR) is 147 cm³/mol. The molecule has 10 heteroatoms. The Balaban J connectivity index is 1.38. The van der Waals surface area contributed by atoms with Gasteiger partial charge in [0, 0.05) is 62.2 Å². The van der Waals surface area contributed by atoms with Crippen molar-refractivity contribution < 1.29 is 27.0 Å². The molecule has 1 fully saturated rings. The first-order chi connectivity index (χ1) is 19.4. The first kappa shape index (κ1) is 27.6. The van der Waals surface area contributed by atoms with Gasteiger partial charge in [-0.25, -0.2) is 18.5 Å². The zero-order chi connectivity index (χ0) is 28.0. The fraction of sp³-hybridized carbons (Fsp3) is 0.267. The number of primary sulfonamides is 1. The average molecular weight is 560 g/mol. The highest BCUT2D eigenvalue weighted by molar-refractivity contribution is 7.89. The molecule has 5 rings (SSSR count). The van der Waals surface area contributed by atoms with Crippen LogP contribution in [0.5, 0.6) is 0 Å². The molecule has 206 valence electrons. The van der Waals surface area contributed by atoms with Crippen LogP contribution in [-0.4, -0.2) is 38.7 Å². The predicted octanol–water partition coefficient (Wildman–Crippen LogP) is 4.35. The Kier molecular flexibility index (Phi) is 8.28. The van der Waals surface area contributed by atoms with Crippen LogP contribution < -0.4 is 5.14 Å². The molecule has 1 saturated heterocycles. The van der Waals surface area contributed by atoms with Crippen LogP contribution in [0.3, 0.4) is 0 Å². The molecule has 0 radical (unpaired) electrons. The van der Waals surface area contributed by atoms with E-state index in [1.54, 1.807) is 25.4 Å². The number of methoxy groups -OCH3 is 1. The highest BCUT2D eigenvalue weighted by atomic mass is 32.2. The summed E-state index contributed by atoms with van der Waals surface area (Å²) < 4.78 is 46.2. The third kappa shape index (κ3) is 6.08. The van der Waals surface area contributed by atoms with Crippen LogP contribution in [-0.2, 0) is 36.4 Å². The maximum absolute atomic E-state index is 11.7. The monoisotopic (exact) mass is 559 g/mol. The summed E-state index contributed by atoms with van der Waals surface area (Å²) in [6.45, 7) is 1.52. The Morgan fingerprint density at radius 2 is 1.82 bits per heavy atom. The Morgan fingerprint density at radius 1 is 1.07 bits per heavy atom. The summed E-state index contributed by atoms with van der Waals surface area (Å²) in [4.78, 5) is 8.87. The van der Waals surface area contributed by atoms with E-state index in [2.05, 4.69) is 22.0 Å². The number of oxazole rings is 1. The van der Waals surface area contributed by atoms with Gasteiger partial charge in [-0.3, -0.25) is 4.98 Å². The Hall–Kier alpha value is -4.01. The maximum atomic E-state index is 11.7. The van der Waals surface area contributed by atoms with Gasteiger partial charge in [0.25, 0.3) is 0 Å². The second-order valence-corrected chi connectivity index (χ2v) is 11.0. The van der Waals surface area contributed by atoms with Crippen LogP contribution >= 0.6 is 0 Å². The fourth-order valence-electron chi connectivity index (χ4n) is 4.77. The summed E-state index contributed by atoms with van der Waals surface area (Å²) in [6.07, 6.45) is 9.30. The number of pyridine rings is 1. The van der Waals surface area contributed by atoms with Crippen molar-refractivity contribution in [3.63, 3.8) is 0 Å². The third-order valence-corrected chi connectivity index (χ3v) is 7.90. The molecule has 9 nitrogen and oxygen atoms in total. The van der Waals surface area contributed by atoms with Gasteiger partial charge >= 0.3 is 0 Å². The molecule has 4 aromatic rings. The van der Waals surface area contributed by atoms with Crippen molar-refractivity contribution in [3.05, 3.63) is 102 Å². The molecule has 40 heavy (non-hydrogen) atoms. The number of rotatable bonds is 8. The largest absolute Gasteiger partial charge is 0.443 e. The van der Waals surface area contributed by atoms with Crippen molar-refractivity contribution in [2.75, 3.05) is 20.3 Å². The zero-order valence-corrected chi connectivity index (χ0v) is 22.8. The van der Waals surface area contributed by atoms with E-state index in [0.29, 0.717) is 30.2 Å². The Bertz CT molecular complexity index is 1600. The summed E-state index contributed by atoms with van der Waals surface area (Å²) in [5, 5.41) is 5.24. The van der Waals surface area contributed by atoms with Gasteiger partial charge in [0.2, 0.25) is 10.0 Å². The normalized spacial score (nSPS) is 15.6. The highest BCUT2D eigenvalue weighted by Gasteiger charge is 2.35. The van der Waals surface area contributed by atoms with E-state index in [9.17, 15) is 8.42 Å².